The highest BCUT2D eigenvalue weighted by molar-refractivity contribution is 5.37. The molecule has 2 heterocycles. The molecule has 0 saturated carbocycles. The highest BCUT2D eigenvalue weighted by Gasteiger charge is 2.27. The summed E-state index contributed by atoms with van der Waals surface area (Å²) in [5.74, 6) is 1.48. The molecule has 1 fully saturated rings. The van der Waals surface area contributed by atoms with Crippen LogP contribution in [0.15, 0.2) is 17.2 Å². The Balaban J connectivity index is 2.20. The van der Waals surface area contributed by atoms with Gasteiger partial charge in [-0.25, -0.2) is 4.98 Å². The lowest BCUT2D eigenvalue weighted by Crippen LogP contribution is -2.34. The maximum atomic E-state index is 12.4. The Morgan fingerprint density at radius 1 is 1.47 bits per heavy atom. The lowest BCUT2D eigenvalue weighted by atomic mass is 10.0. The summed E-state index contributed by atoms with van der Waals surface area (Å²) in [6.45, 7) is 8.69. The summed E-state index contributed by atoms with van der Waals surface area (Å²) in [6.07, 6.45) is 4.53. The van der Waals surface area contributed by atoms with Crippen LogP contribution in [0.4, 0.5) is 5.82 Å². The maximum Gasteiger partial charge on any atom is 0.293 e. The molecule has 1 saturated heterocycles. The highest BCUT2D eigenvalue weighted by atomic mass is 16.1. The molecule has 1 aliphatic rings. The van der Waals surface area contributed by atoms with Gasteiger partial charge in [-0.2, -0.15) is 0 Å². The minimum absolute atomic E-state index is 0.0153. The molecule has 2 unspecified atom stereocenters. The van der Waals surface area contributed by atoms with E-state index in [9.17, 15) is 4.79 Å². The molecule has 1 aromatic heterocycles. The molecule has 5 nitrogen and oxygen atoms in total. The normalized spacial score (nSPS) is 21.1. The van der Waals surface area contributed by atoms with E-state index in [-0.39, 0.29) is 11.6 Å². The van der Waals surface area contributed by atoms with Crippen molar-refractivity contribution in [2.45, 2.75) is 39.8 Å². The van der Waals surface area contributed by atoms with Crippen LogP contribution < -0.4 is 16.2 Å². The Bertz CT molecular complexity index is 481. The van der Waals surface area contributed by atoms with Crippen LogP contribution in [0.5, 0.6) is 0 Å². The van der Waals surface area contributed by atoms with E-state index in [2.05, 4.69) is 23.7 Å². The second kappa shape index (κ2) is 5.74. The second-order valence-corrected chi connectivity index (χ2v) is 5.96. The number of nitrogens with zero attached hydrogens (tertiary/aromatic N) is 3. The smallest absolute Gasteiger partial charge is 0.293 e. The molecule has 5 heteroatoms. The summed E-state index contributed by atoms with van der Waals surface area (Å²) >= 11 is 0. The van der Waals surface area contributed by atoms with Gasteiger partial charge in [-0.3, -0.25) is 4.79 Å². The van der Waals surface area contributed by atoms with Crippen LogP contribution in [-0.4, -0.2) is 28.7 Å². The topological polar surface area (TPSA) is 64.2 Å². The molecule has 0 spiro atoms. The SMILES string of the molecule is CC(C)Cn1ccnc(N2CCC(C(C)N)C2)c1=O. The summed E-state index contributed by atoms with van der Waals surface area (Å²) in [5.41, 5.74) is 5.96. The van der Waals surface area contributed by atoms with E-state index in [0.717, 1.165) is 26.1 Å². The van der Waals surface area contributed by atoms with E-state index in [1.165, 1.54) is 0 Å². The quantitative estimate of drug-likeness (QED) is 0.883. The Morgan fingerprint density at radius 2 is 2.21 bits per heavy atom. The molecule has 0 radical (unpaired) electrons. The van der Waals surface area contributed by atoms with E-state index in [1.807, 2.05) is 6.92 Å². The van der Waals surface area contributed by atoms with Gasteiger partial charge in [0.25, 0.3) is 5.56 Å². The minimum Gasteiger partial charge on any atom is -0.352 e. The number of hydrogen-bond donors (Lipinski definition) is 1. The summed E-state index contributed by atoms with van der Waals surface area (Å²) in [5, 5.41) is 0. The largest absolute Gasteiger partial charge is 0.352 e. The third kappa shape index (κ3) is 3.15. The van der Waals surface area contributed by atoms with Crippen molar-refractivity contribution in [3.05, 3.63) is 22.7 Å². The van der Waals surface area contributed by atoms with Crippen molar-refractivity contribution in [2.24, 2.45) is 17.6 Å². The van der Waals surface area contributed by atoms with Gasteiger partial charge in [0.15, 0.2) is 5.82 Å². The molecule has 0 aliphatic carbocycles. The average Bonchev–Trinajstić information content (AvgIpc) is 2.80. The van der Waals surface area contributed by atoms with E-state index >= 15 is 0 Å². The number of nitrogens with two attached hydrogens (primary N) is 1. The van der Waals surface area contributed by atoms with Crippen molar-refractivity contribution in [1.29, 1.82) is 0 Å². The third-order valence-corrected chi connectivity index (χ3v) is 3.73. The van der Waals surface area contributed by atoms with Crippen molar-refractivity contribution in [3.63, 3.8) is 0 Å². The monoisotopic (exact) mass is 264 g/mol. The molecule has 0 bridgehead atoms. The molecule has 2 atom stereocenters. The van der Waals surface area contributed by atoms with Crippen LogP contribution in [0.3, 0.4) is 0 Å². The van der Waals surface area contributed by atoms with Crippen LogP contribution in [-0.2, 0) is 6.54 Å². The maximum absolute atomic E-state index is 12.4. The first-order valence-corrected chi connectivity index (χ1v) is 7.05. The van der Waals surface area contributed by atoms with Gasteiger partial charge in [-0.15, -0.1) is 0 Å². The molecule has 19 heavy (non-hydrogen) atoms. The molecule has 106 valence electrons. The van der Waals surface area contributed by atoms with Gasteiger partial charge in [0.05, 0.1) is 0 Å². The zero-order valence-corrected chi connectivity index (χ0v) is 12.0. The Morgan fingerprint density at radius 3 is 2.79 bits per heavy atom. The zero-order chi connectivity index (χ0) is 14.0. The molecule has 1 aromatic rings. The fourth-order valence-electron chi connectivity index (χ4n) is 2.60. The molecule has 2 N–H and O–H groups in total. The van der Waals surface area contributed by atoms with Gasteiger partial charge < -0.3 is 15.2 Å². The Kier molecular flexibility index (Phi) is 4.24. The van der Waals surface area contributed by atoms with Gasteiger partial charge in [-0.05, 0) is 25.2 Å². The van der Waals surface area contributed by atoms with Crippen LogP contribution in [0.2, 0.25) is 0 Å². The molecule has 0 amide bonds. The summed E-state index contributed by atoms with van der Waals surface area (Å²) < 4.78 is 1.76. The number of anilines is 1. The highest BCUT2D eigenvalue weighted by Crippen LogP contribution is 2.21. The molecule has 2 rings (SSSR count). The van der Waals surface area contributed by atoms with Crippen LogP contribution in [0, 0.1) is 11.8 Å². The summed E-state index contributed by atoms with van der Waals surface area (Å²) in [4.78, 5) is 18.7. The fraction of sp³-hybridized carbons (Fsp3) is 0.714. The van der Waals surface area contributed by atoms with Gasteiger partial charge in [0.2, 0.25) is 0 Å². The fourth-order valence-corrected chi connectivity index (χ4v) is 2.60. The van der Waals surface area contributed by atoms with Crippen LogP contribution >= 0.6 is 0 Å². The van der Waals surface area contributed by atoms with E-state index in [1.54, 1.807) is 17.0 Å². The van der Waals surface area contributed by atoms with Crippen molar-refractivity contribution in [2.75, 3.05) is 18.0 Å². The van der Waals surface area contributed by atoms with E-state index in [4.69, 9.17) is 5.73 Å². The van der Waals surface area contributed by atoms with Crippen molar-refractivity contribution < 1.29 is 0 Å². The zero-order valence-electron chi connectivity index (χ0n) is 12.0. The van der Waals surface area contributed by atoms with E-state index < -0.39 is 0 Å². The number of aromatic nitrogens is 2. The van der Waals surface area contributed by atoms with Crippen molar-refractivity contribution in [1.82, 2.24) is 9.55 Å². The molecule has 0 aromatic carbocycles. The number of hydrogen-bond acceptors (Lipinski definition) is 4. The lowest BCUT2D eigenvalue weighted by Gasteiger charge is -2.19. The van der Waals surface area contributed by atoms with Gasteiger partial charge in [-0.1, -0.05) is 13.8 Å². The van der Waals surface area contributed by atoms with Crippen molar-refractivity contribution in [3.8, 4) is 0 Å². The first-order valence-electron chi connectivity index (χ1n) is 7.05. The van der Waals surface area contributed by atoms with Gasteiger partial charge in [0, 0.05) is 38.1 Å². The molecular formula is C14H24N4O. The van der Waals surface area contributed by atoms with Gasteiger partial charge >= 0.3 is 0 Å². The predicted molar refractivity (Wildman–Crippen MR) is 77.3 cm³/mol. The Labute approximate surface area is 114 Å². The van der Waals surface area contributed by atoms with Crippen molar-refractivity contribution >= 4 is 5.82 Å². The third-order valence-electron chi connectivity index (χ3n) is 3.73. The first kappa shape index (κ1) is 14.1. The van der Waals surface area contributed by atoms with Crippen LogP contribution in [0.1, 0.15) is 27.2 Å². The molecular weight excluding hydrogens is 240 g/mol. The van der Waals surface area contributed by atoms with Crippen LogP contribution in [0.25, 0.3) is 0 Å². The first-order chi connectivity index (χ1) is 8.99. The minimum atomic E-state index is 0.0153. The predicted octanol–water partition coefficient (Wildman–Crippen LogP) is 1.07. The summed E-state index contributed by atoms with van der Waals surface area (Å²) in [6, 6.07) is 0.173. The molecule has 1 aliphatic heterocycles. The Hall–Kier alpha value is -1.36. The van der Waals surface area contributed by atoms with E-state index in [0.29, 0.717) is 17.7 Å². The summed E-state index contributed by atoms with van der Waals surface area (Å²) in [7, 11) is 0. The second-order valence-electron chi connectivity index (χ2n) is 5.96. The lowest BCUT2D eigenvalue weighted by molar-refractivity contribution is 0.487. The average molecular weight is 264 g/mol. The van der Waals surface area contributed by atoms with Gasteiger partial charge in [0.1, 0.15) is 0 Å². The standard InChI is InChI=1S/C14H24N4O/c1-10(2)8-18-7-5-16-13(14(18)19)17-6-4-12(9-17)11(3)15/h5,7,10-12H,4,6,8-9,15H2,1-3H3. The number of rotatable bonds is 4.